The van der Waals surface area contributed by atoms with Gasteiger partial charge in [0.25, 0.3) is 6.43 Å². The van der Waals surface area contributed by atoms with Gasteiger partial charge in [-0.1, -0.05) is 0 Å². The van der Waals surface area contributed by atoms with Gasteiger partial charge in [-0.2, -0.15) is 0 Å². The summed E-state index contributed by atoms with van der Waals surface area (Å²) in [5, 5.41) is 7.90. The average molecular weight is 148 g/mol. The topological polar surface area (TPSA) is 46.2 Å². The lowest BCUT2D eigenvalue weighted by Gasteiger charge is -2.02. The van der Waals surface area contributed by atoms with E-state index in [9.17, 15) is 8.78 Å². The quantitative estimate of drug-likeness (QED) is 0.577. The van der Waals surface area contributed by atoms with Gasteiger partial charge in [0.1, 0.15) is 0 Å². The second-order valence-corrected chi connectivity index (χ2v) is 1.18. The van der Waals surface area contributed by atoms with E-state index >= 15 is 0 Å². The normalized spacial score (nSPS) is 13.1. The number of alkyl halides is 2. The smallest absolute Gasteiger partial charge is 0.255 e. The van der Waals surface area contributed by atoms with Crippen LogP contribution in [0.3, 0.4) is 0 Å². The molecule has 3 N–H and O–H groups in total. The van der Waals surface area contributed by atoms with Crippen LogP contribution in [0.25, 0.3) is 0 Å². The van der Waals surface area contributed by atoms with Crippen LogP contribution in [0.5, 0.6) is 0 Å². The van der Waals surface area contributed by atoms with Crippen LogP contribution < -0.4 is 5.73 Å². The van der Waals surface area contributed by atoms with Gasteiger partial charge < -0.3 is 10.8 Å². The lowest BCUT2D eigenvalue weighted by molar-refractivity contribution is 0.0838. The van der Waals surface area contributed by atoms with Crippen molar-refractivity contribution in [3.8, 4) is 0 Å². The summed E-state index contributed by atoms with van der Waals surface area (Å²) in [7, 11) is 0. The highest BCUT2D eigenvalue weighted by Crippen LogP contribution is 1.94. The van der Waals surface area contributed by atoms with E-state index in [1.54, 1.807) is 0 Å². The first-order valence-corrected chi connectivity index (χ1v) is 1.83. The molecule has 0 rings (SSSR count). The van der Waals surface area contributed by atoms with Crippen LogP contribution >= 0.6 is 12.4 Å². The Morgan fingerprint density at radius 1 is 1.50 bits per heavy atom. The van der Waals surface area contributed by atoms with Gasteiger partial charge in [-0.05, 0) is 0 Å². The highest BCUT2D eigenvalue weighted by Gasteiger charge is 2.11. The molecule has 0 unspecified atom stereocenters. The van der Waals surface area contributed by atoms with Crippen LogP contribution in [0.1, 0.15) is 0 Å². The van der Waals surface area contributed by atoms with Crippen molar-refractivity contribution < 1.29 is 13.9 Å². The Hall–Kier alpha value is 0.0700. The molecular formula is C3H8ClF2NO. The van der Waals surface area contributed by atoms with E-state index in [-0.39, 0.29) is 12.4 Å². The van der Waals surface area contributed by atoms with Crippen molar-refractivity contribution in [2.75, 3.05) is 6.61 Å². The van der Waals surface area contributed by atoms with Crippen LogP contribution in [-0.2, 0) is 0 Å². The Labute approximate surface area is 52.1 Å². The molecule has 0 bridgehead atoms. The summed E-state index contributed by atoms with van der Waals surface area (Å²) in [4.78, 5) is 0. The van der Waals surface area contributed by atoms with Crippen LogP contribution in [0, 0.1) is 0 Å². The zero-order chi connectivity index (χ0) is 5.86. The molecule has 5 heteroatoms. The van der Waals surface area contributed by atoms with Crippen molar-refractivity contribution in [1.82, 2.24) is 0 Å². The van der Waals surface area contributed by atoms with Crippen LogP contribution in [0.15, 0.2) is 0 Å². The maximum atomic E-state index is 11.1. The van der Waals surface area contributed by atoms with Crippen molar-refractivity contribution in [2.45, 2.75) is 12.5 Å². The molecule has 2 nitrogen and oxygen atoms in total. The Bertz CT molecular complexity index is 54.5. The summed E-state index contributed by atoms with van der Waals surface area (Å²) in [5.41, 5.74) is 4.62. The first kappa shape index (κ1) is 10.9. The second-order valence-electron chi connectivity index (χ2n) is 1.18. The van der Waals surface area contributed by atoms with E-state index in [1.165, 1.54) is 0 Å². The Morgan fingerprint density at radius 2 is 1.88 bits per heavy atom. The summed E-state index contributed by atoms with van der Waals surface area (Å²) >= 11 is 0. The van der Waals surface area contributed by atoms with Gasteiger partial charge in [0.2, 0.25) is 0 Å². The van der Waals surface area contributed by atoms with Crippen molar-refractivity contribution in [3.63, 3.8) is 0 Å². The Balaban J connectivity index is 0. The molecule has 0 aromatic heterocycles. The Kier molecular flexibility index (Phi) is 7.13. The van der Waals surface area contributed by atoms with Gasteiger partial charge in [-0.25, -0.2) is 8.78 Å². The molecule has 0 fully saturated rings. The van der Waals surface area contributed by atoms with Gasteiger partial charge >= 0.3 is 0 Å². The minimum absolute atomic E-state index is 0. The van der Waals surface area contributed by atoms with E-state index < -0.39 is 19.1 Å². The molecule has 0 saturated heterocycles. The molecule has 52 valence electrons. The molecule has 0 aromatic carbocycles. The third-order valence-corrected chi connectivity index (χ3v) is 0.534. The van der Waals surface area contributed by atoms with E-state index in [4.69, 9.17) is 5.11 Å². The van der Waals surface area contributed by atoms with Crippen molar-refractivity contribution in [2.24, 2.45) is 5.73 Å². The lowest BCUT2D eigenvalue weighted by Crippen LogP contribution is -2.32. The number of halogens is 3. The van der Waals surface area contributed by atoms with Gasteiger partial charge in [-0.15, -0.1) is 12.4 Å². The molecule has 0 heterocycles. The van der Waals surface area contributed by atoms with Gasteiger partial charge in [0, 0.05) is 0 Å². The molecule has 1 atom stereocenters. The molecule has 0 amide bonds. The fourth-order valence-electron chi connectivity index (χ4n) is 0.0797. The molecule has 0 radical (unpaired) electrons. The predicted molar refractivity (Wildman–Crippen MR) is 28.3 cm³/mol. The average Bonchev–Trinajstić information content (AvgIpc) is 1.65. The highest BCUT2D eigenvalue weighted by atomic mass is 35.5. The SMILES string of the molecule is Cl.N[C@@H](CO)C(F)F. The first-order valence-electron chi connectivity index (χ1n) is 1.83. The molecular weight excluding hydrogens is 139 g/mol. The number of hydrogen-bond donors (Lipinski definition) is 2. The van der Waals surface area contributed by atoms with Gasteiger partial charge in [0.15, 0.2) is 0 Å². The molecule has 0 aliphatic carbocycles. The molecule has 8 heavy (non-hydrogen) atoms. The van der Waals surface area contributed by atoms with Crippen LogP contribution in [-0.4, -0.2) is 24.2 Å². The largest absolute Gasteiger partial charge is 0.395 e. The number of aliphatic hydroxyl groups is 1. The van der Waals surface area contributed by atoms with E-state index in [2.05, 4.69) is 5.73 Å². The van der Waals surface area contributed by atoms with Crippen molar-refractivity contribution in [3.05, 3.63) is 0 Å². The minimum atomic E-state index is -2.61. The summed E-state index contributed by atoms with van der Waals surface area (Å²) in [6.45, 7) is -0.655. The minimum Gasteiger partial charge on any atom is -0.395 e. The van der Waals surface area contributed by atoms with E-state index in [1.807, 2.05) is 0 Å². The molecule has 0 saturated carbocycles. The number of nitrogens with two attached hydrogens (primary N) is 1. The molecule has 0 aliphatic heterocycles. The molecule has 0 aliphatic rings. The molecule has 0 aromatic rings. The standard InChI is InChI=1S/C3H7F2NO.ClH/c4-3(5)2(6)1-7;/h2-3,7H,1,6H2;1H/t2-;/m0./s1. The highest BCUT2D eigenvalue weighted by molar-refractivity contribution is 5.85. The first-order chi connectivity index (χ1) is 3.18. The van der Waals surface area contributed by atoms with Crippen LogP contribution in [0.2, 0.25) is 0 Å². The molecule has 0 spiro atoms. The van der Waals surface area contributed by atoms with E-state index in [0.717, 1.165) is 0 Å². The lowest BCUT2D eigenvalue weighted by atomic mass is 10.4. The van der Waals surface area contributed by atoms with Gasteiger partial charge in [-0.3, -0.25) is 0 Å². The van der Waals surface area contributed by atoms with Crippen molar-refractivity contribution >= 4 is 12.4 Å². The maximum absolute atomic E-state index is 11.1. The maximum Gasteiger partial charge on any atom is 0.255 e. The predicted octanol–water partition coefficient (Wildman–Crippen LogP) is -0.00710. The fraction of sp³-hybridized carbons (Fsp3) is 1.00. The number of rotatable bonds is 2. The Morgan fingerprint density at radius 3 is 1.88 bits per heavy atom. The number of aliphatic hydroxyl groups excluding tert-OH is 1. The zero-order valence-electron chi connectivity index (χ0n) is 4.05. The second kappa shape index (κ2) is 5.21. The monoisotopic (exact) mass is 147 g/mol. The third kappa shape index (κ3) is 4.23. The third-order valence-electron chi connectivity index (χ3n) is 0.534. The summed E-state index contributed by atoms with van der Waals surface area (Å²) in [6.07, 6.45) is -2.61. The number of hydrogen-bond acceptors (Lipinski definition) is 2. The van der Waals surface area contributed by atoms with Crippen LogP contribution in [0.4, 0.5) is 8.78 Å². The summed E-state index contributed by atoms with van der Waals surface area (Å²) in [6, 6.07) is -1.38. The summed E-state index contributed by atoms with van der Waals surface area (Å²) in [5.74, 6) is 0. The summed E-state index contributed by atoms with van der Waals surface area (Å²) < 4.78 is 22.3. The van der Waals surface area contributed by atoms with Gasteiger partial charge in [0.05, 0.1) is 12.6 Å². The fourth-order valence-corrected chi connectivity index (χ4v) is 0.0797. The zero-order valence-corrected chi connectivity index (χ0v) is 4.87. The van der Waals surface area contributed by atoms with Crippen molar-refractivity contribution in [1.29, 1.82) is 0 Å². The van der Waals surface area contributed by atoms with E-state index in [0.29, 0.717) is 0 Å².